The van der Waals surface area contributed by atoms with Crippen LogP contribution in [0.3, 0.4) is 0 Å². The maximum atomic E-state index is 15.3. The SMILES string of the molecule is CC[C@H](NC)C(=O)N[C@@H]1C(=O)N2[C@@H](CC[C@@H]1CNC(=O)CCCNc1c(NCCCCCC(=O)C(NC(=O)[C@@H]3CC[C@@H]4CC[C@H](CCNCc5ccccc5)[C@H](NC(=O)[C@H](CC)NC)C(=O)N43)(c3ccccc3)c3ccccc3)c(=O)c1=O)CC[C@H]2C(=O)CCc1ccccc1. The largest absolute Gasteiger partial charge is 0.380 e. The molecule has 9 N–H and O–H groups in total. The summed E-state index contributed by atoms with van der Waals surface area (Å²) in [6.45, 7) is 5.74. The van der Waals surface area contributed by atoms with Gasteiger partial charge in [-0.25, -0.2) is 0 Å². The molecule has 4 aliphatic heterocycles. The third-order valence-electron chi connectivity index (χ3n) is 20.4. The Kier molecular flexibility index (Phi) is 26.2. The Morgan fingerprint density at radius 3 is 1.56 bits per heavy atom. The first kappa shape index (κ1) is 71.9. The van der Waals surface area contributed by atoms with Crippen molar-refractivity contribution in [2.75, 3.05) is 50.9 Å². The van der Waals surface area contributed by atoms with E-state index >= 15 is 14.4 Å². The van der Waals surface area contributed by atoms with Crippen LogP contribution in [0.25, 0.3) is 0 Å². The molecule has 0 aliphatic carbocycles. The molecule has 4 heterocycles. The molecule has 5 aromatic rings. The highest BCUT2D eigenvalue weighted by atomic mass is 16.2. The Morgan fingerprint density at radius 1 is 0.521 bits per heavy atom. The van der Waals surface area contributed by atoms with Crippen LogP contribution in [0.4, 0.5) is 11.4 Å². The molecule has 6 amide bonds. The van der Waals surface area contributed by atoms with Crippen LogP contribution < -0.4 is 58.7 Å². The normalized spacial score (nSPS) is 21.6. The number of Topliss-reactive ketones (excluding diaryl/α,β-unsaturated/α-hetero) is 2. The molecule has 4 aliphatic rings. The molecule has 4 saturated heterocycles. The van der Waals surface area contributed by atoms with Gasteiger partial charge in [0.05, 0.1) is 18.1 Å². The number of nitrogens with one attached hydrogen (secondary N) is 9. The van der Waals surface area contributed by atoms with Crippen LogP contribution in [-0.4, -0.2) is 145 Å². The fraction of sp³-hybridized carbons (Fsp3) is 0.520. The number of carbonyl (C=O) groups is 8. The molecular weight excluding hydrogens is 1210 g/mol. The topological polar surface area (TPSA) is 285 Å². The number of carbonyl (C=O) groups excluding carboxylic acids is 8. The third kappa shape index (κ3) is 17.4. The van der Waals surface area contributed by atoms with Gasteiger partial charge in [-0.1, -0.05) is 142 Å². The number of hydrogen-bond donors (Lipinski definition) is 9. The van der Waals surface area contributed by atoms with Crippen LogP contribution in [0, 0.1) is 11.8 Å². The second-order valence-corrected chi connectivity index (χ2v) is 26.4. The number of likely N-dealkylation sites (N-methyl/N-ethyl adjacent to an activating group) is 2. The van der Waals surface area contributed by atoms with Crippen LogP contribution in [0.5, 0.6) is 0 Å². The van der Waals surface area contributed by atoms with Crippen molar-refractivity contribution in [1.29, 1.82) is 0 Å². The van der Waals surface area contributed by atoms with Crippen molar-refractivity contribution >= 4 is 58.4 Å². The van der Waals surface area contributed by atoms with Crippen molar-refractivity contribution in [2.24, 2.45) is 11.8 Å². The van der Waals surface area contributed by atoms with Gasteiger partial charge < -0.3 is 57.7 Å². The lowest BCUT2D eigenvalue weighted by Gasteiger charge is -2.38. The molecule has 5 aromatic carbocycles. The van der Waals surface area contributed by atoms with Crippen LogP contribution in [0.15, 0.2) is 131 Å². The summed E-state index contributed by atoms with van der Waals surface area (Å²) in [7, 11) is 3.41. The number of aryl methyl sites for hydroxylation is 1. The second kappa shape index (κ2) is 35.0. The zero-order chi connectivity index (χ0) is 68.1. The third-order valence-corrected chi connectivity index (χ3v) is 20.4. The first-order chi connectivity index (χ1) is 46.6. The number of fused-ring (bicyclic) bond motifs is 2. The summed E-state index contributed by atoms with van der Waals surface area (Å²) in [6.07, 6.45) is 9.25. The van der Waals surface area contributed by atoms with E-state index < -0.39 is 64.5 Å². The molecule has 0 unspecified atom stereocenters. The van der Waals surface area contributed by atoms with Crippen molar-refractivity contribution in [3.63, 3.8) is 0 Å². The van der Waals surface area contributed by atoms with E-state index in [1.807, 2.05) is 123 Å². The maximum Gasteiger partial charge on any atom is 0.253 e. The summed E-state index contributed by atoms with van der Waals surface area (Å²) in [5, 5.41) is 28.2. The van der Waals surface area contributed by atoms with Crippen LogP contribution in [0.1, 0.15) is 152 Å². The molecule has 21 nitrogen and oxygen atoms in total. The molecule has 0 radical (unpaired) electrons. The van der Waals surface area contributed by atoms with Crippen molar-refractivity contribution < 1.29 is 38.4 Å². The first-order valence-corrected chi connectivity index (χ1v) is 35.1. The van der Waals surface area contributed by atoms with Gasteiger partial charge in [0.15, 0.2) is 11.6 Å². The van der Waals surface area contributed by atoms with E-state index in [0.29, 0.717) is 140 Å². The fourth-order valence-electron chi connectivity index (χ4n) is 14.9. The standard InChI is InChI=1S/C75H99N11O10/c1-5-57(76-3)70(92)82-64-51(43-46-78-47-50-25-14-8-15-26-50)34-36-56-39-41-60(86(56)73(64)95)72(94)84-75(53-27-16-9-17-28-53,54-29-18-10-19-30-54)62(88)31-20-11-21-44-79-66-67(69(91)68(66)90)80-45-22-32-63(89)81-48-52-35-37-55-38-40-59(61(87)42-33-49-23-12-7-13-24-49)85(55)74(96)65(52)83-71(93)58(6-2)77-4/h7-10,12-19,23-30,51-52,55-60,64-65,76-80H,5-6,11,20-22,31-48H2,1-4H3,(H,81,89)(H,82,92)(H,83,93)(H,84,94)/t51-,52-,55+,56+,57+,58+,59+,60+,64+,65+/m1/s1. The van der Waals surface area contributed by atoms with E-state index in [1.165, 1.54) is 0 Å². The average molecular weight is 1310 g/mol. The molecule has 10 atom stereocenters. The molecule has 9 rings (SSSR count). The molecule has 0 bridgehead atoms. The van der Waals surface area contributed by atoms with Gasteiger partial charge in [0.1, 0.15) is 35.0 Å². The maximum absolute atomic E-state index is 15.3. The van der Waals surface area contributed by atoms with Crippen molar-refractivity contribution in [3.05, 3.63) is 164 Å². The number of nitrogens with zero attached hydrogens (tertiary/aromatic N) is 2. The van der Waals surface area contributed by atoms with Gasteiger partial charge >= 0.3 is 0 Å². The highest BCUT2D eigenvalue weighted by Gasteiger charge is 2.52. The van der Waals surface area contributed by atoms with E-state index in [4.69, 9.17) is 0 Å². The fourth-order valence-corrected chi connectivity index (χ4v) is 14.9. The summed E-state index contributed by atoms with van der Waals surface area (Å²) < 4.78 is 0. The van der Waals surface area contributed by atoms with Gasteiger partial charge in [-0.3, -0.25) is 47.9 Å². The highest BCUT2D eigenvalue weighted by Crippen LogP contribution is 2.39. The van der Waals surface area contributed by atoms with Gasteiger partial charge in [0.25, 0.3) is 10.9 Å². The Balaban J connectivity index is 0.779. The molecule has 96 heavy (non-hydrogen) atoms. The number of benzene rings is 4. The second-order valence-electron chi connectivity index (χ2n) is 26.4. The van der Waals surface area contributed by atoms with E-state index in [2.05, 4.69) is 60.0 Å². The smallest absolute Gasteiger partial charge is 0.253 e. The number of hydrogen-bond acceptors (Lipinski definition) is 15. The van der Waals surface area contributed by atoms with E-state index in [0.717, 1.165) is 11.1 Å². The van der Waals surface area contributed by atoms with Gasteiger partial charge in [-0.2, -0.15) is 0 Å². The van der Waals surface area contributed by atoms with Gasteiger partial charge in [0, 0.05) is 63.4 Å². The predicted octanol–water partition coefficient (Wildman–Crippen LogP) is 6.08. The lowest BCUT2D eigenvalue weighted by Crippen LogP contribution is -2.61. The zero-order valence-electron chi connectivity index (χ0n) is 56.3. The van der Waals surface area contributed by atoms with Crippen LogP contribution in [0.2, 0.25) is 0 Å². The summed E-state index contributed by atoms with van der Waals surface area (Å²) in [5.74, 6) is -2.79. The lowest BCUT2D eigenvalue weighted by atomic mass is 9.77. The molecular formula is C75H99N11O10. The minimum absolute atomic E-state index is 0.00165. The minimum atomic E-state index is -1.63. The number of ketones is 2. The van der Waals surface area contributed by atoms with Crippen LogP contribution in [-0.2, 0) is 56.9 Å². The summed E-state index contributed by atoms with van der Waals surface area (Å²) in [5.41, 5.74) is 0.677. The van der Waals surface area contributed by atoms with Crippen molar-refractivity contribution in [2.45, 2.75) is 196 Å². The number of rotatable bonds is 36. The summed E-state index contributed by atoms with van der Waals surface area (Å²) in [6, 6.07) is 33.4. The molecule has 514 valence electrons. The van der Waals surface area contributed by atoms with E-state index in [-0.39, 0.29) is 96.4 Å². The Labute approximate surface area is 564 Å². The summed E-state index contributed by atoms with van der Waals surface area (Å²) >= 11 is 0. The Bertz CT molecular complexity index is 3450. The molecule has 4 fully saturated rings. The Morgan fingerprint density at radius 2 is 1.01 bits per heavy atom. The number of unbranched alkanes of at least 4 members (excludes halogenated alkanes) is 2. The van der Waals surface area contributed by atoms with Crippen molar-refractivity contribution in [3.8, 4) is 0 Å². The van der Waals surface area contributed by atoms with Gasteiger partial charge in [-0.05, 0) is 145 Å². The van der Waals surface area contributed by atoms with Crippen molar-refractivity contribution in [1.82, 2.24) is 47.0 Å². The van der Waals surface area contributed by atoms with E-state index in [1.54, 1.807) is 23.9 Å². The zero-order valence-corrected chi connectivity index (χ0v) is 56.3. The number of amides is 6. The molecule has 0 spiro atoms. The van der Waals surface area contributed by atoms with Gasteiger partial charge in [0.2, 0.25) is 35.4 Å². The summed E-state index contributed by atoms with van der Waals surface area (Å²) in [4.78, 5) is 144. The monoisotopic (exact) mass is 1310 g/mol. The molecule has 0 aromatic heterocycles. The predicted molar refractivity (Wildman–Crippen MR) is 371 cm³/mol. The number of anilines is 2. The minimum Gasteiger partial charge on any atom is -0.380 e. The molecule has 0 saturated carbocycles. The molecule has 21 heteroatoms. The quantitative estimate of drug-likeness (QED) is 0.0162. The van der Waals surface area contributed by atoms with Crippen LogP contribution >= 0.6 is 0 Å². The highest BCUT2D eigenvalue weighted by molar-refractivity contribution is 6.00. The lowest BCUT2D eigenvalue weighted by molar-refractivity contribution is -0.144. The first-order valence-electron chi connectivity index (χ1n) is 35.1. The van der Waals surface area contributed by atoms with E-state index in [9.17, 15) is 33.6 Å². The Hall–Kier alpha value is -8.40. The van der Waals surface area contributed by atoms with Gasteiger partial charge in [-0.15, -0.1) is 0 Å². The average Bonchev–Trinajstić information content (AvgIpc) is 1.76.